The quantitative estimate of drug-likeness (QED) is 0.633. The van der Waals surface area contributed by atoms with E-state index >= 15 is 0 Å². The summed E-state index contributed by atoms with van der Waals surface area (Å²) in [5.41, 5.74) is 0. The normalized spacial score (nSPS) is 17.4. The van der Waals surface area contributed by atoms with E-state index in [1.807, 2.05) is 0 Å². The van der Waals surface area contributed by atoms with Gasteiger partial charge in [0, 0.05) is 12.8 Å². The summed E-state index contributed by atoms with van der Waals surface area (Å²) in [7, 11) is 0. The minimum Gasteiger partial charge on any atom is -0.472 e. The van der Waals surface area contributed by atoms with E-state index in [0.717, 1.165) is 0 Å². The number of hydrogen-bond acceptors (Lipinski definition) is 2. The first-order valence-electron chi connectivity index (χ1n) is 5.76. The van der Waals surface area contributed by atoms with Crippen LogP contribution < -0.4 is 0 Å². The van der Waals surface area contributed by atoms with E-state index in [1.54, 1.807) is 0 Å². The van der Waals surface area contributed by atoms with Crippen molar-refractivity contribution in [2.45, 2.75) is 49.8 Å². The Morgan fingerprint density at radius 2 is 0.708 bits per heavy atom. The minimum atomic E-state index is -5.97. The largest absolute Gasteiger partial charge is 0.472 e. The van der Waals surface area contributed by atoms with E-state index in [1.165, 1.54) is 0 Å². The van der Waals surface area contributed by atoms with Gasteiger partial charge in [-0.2, -0.15) is 52.7 Å². The van der Waals surface area contributed by atoms with E-state index in [0.29, 0.717) is 0 Å². The van der Waals surface area contributed by atoms with Crippen LogP contribution in [0.2, 0.25) is 0 Å². The van der Waals surface area contributed by atoms with Crippen LogP contribution in [-0.4, -0.2) is 36.9 Å². The molecule has 0 amide bonds. The maximum atomic E-state index is 12.2. The smallest absolute Gasteiger partial charge is 0.434 e. The second kappa shape index (κ2) is 6.10. The standard InChI is InChI=1S/C10H6F12O2/c11-7(12,13)5(8(14,15)16)23-3-1-2-4(3)24-6(9(17,18)19)10(20,21)22/h5-6H,1-2H2. The second-order valence-electron chi connectivity index (χ2n) is 4.51. The van der Waals surface area contributed by atoms with Crippen LogP contribution in [0.25, 0.3) is 0 Å². The highest BCUT2D eigenvalue weighted by molar-refractivity contribution is 5.15. The van der Waals surface area contributed by atoms with Gasteiger partial charge in [0.05, 0.1) is 0 Å². The van der Waals surface area contributed by atoms with Gasteiger partial charge in [-0.3, -0.25) is 0 Å². The van der Waals surface area contributed by atoms with Crippen LogP contribution in [0.1, 0.15) is 12.8 Å². The number of allylic oxidation sites excluding steroid dienone is 2. The maximum Gasteiger partial charge on any atom is 0.434 e. The summed E-state index contributed by atoms with van der Waals surface area (Å²) < 4.78 is 154. The lowest BCUT2D eigenvalue weighted by atomic mass is 10.0. The Bertz CT molecular complexity index is 408. The molecule has 0 N–H and O–H groups in total. The van der Waals surface area contributed by atoms with Crippen molar-refractivity contribution in [1.82, 2.24) is 0 Å². The molecule has 0 bridgehead atoms. The van der Waals surface area contributed by atoms with Crippen molar-refractivity contribution in [3.8, 4) is 0 Å². The molecule has 0 saturated heterocycles. The van der Waals surface area contributed by atoms with Crippen LogP contribution in [-0.2, 0) is 9.47 Å². The molecular formula is C10H6F12O2. The van der Waals surface area contributed by atoms with E-state index < -0.39 is 61.3 Å². The average Bonchev–Trinajstić information content (AvgIpc) is 2.20. The molecule has 0 spiro atoms. The monoisotopic (exact) mass is 386 g/mol. The fraction of sp³-hybridized carbons (Fsp3) is 0.800. The van der Waals surface area contributed by atoms with E-state index in [-0.39, 0.29) is 0 Å². The summed E-state index contributed by atoms with van der Waals surface area (Å²) in [6.45, 7) is 0. The molecule has 1 aliphatic rings. The molecule has 0 aromatic heterocycles. The van der Waals surface area contributed by atoms with Gasteiger partial charge in [0.2, 0.25) is 0 Å². The molecule has 2 nitrogen and oxygen atoms in total. The van der Waals surface area contributed by atoms with Crippen molar-refractivity contribution in [3.05, 3.63) is 11.5 Å². The summed E-state index contributed by atoms with van der Waals surface area (Å²) in [6, 6.07) is 0. The summed E-state index contributed by atoms with van der Waals surface area (Å²) in [6.07, 6.45) is -34.2. The van der Waals surface area contributed by atoms with Crippen molar-refractivity contribution in [3.63, 3.8) is 0 Å². The molecule has 0 aromatic carbocycles. The van der Waals surface area contributed by atoms with Crippen molar-refractivity contribution in [2.24, 2.45) is 0 Å². The number of halogens is 12. The van der Waals surface area contributed by atoms with E-state index in [9.17, 15) is 52.7 Å². The second-order valence-corrected chi connectivity index (χ2v) is 4.51. The lowest BCUT2D eigenvalue weighted by Crippen LogP contribution is -2.46. The molecular weight excluding hydrogens is 380 g/mol. The molecule has 1 aliphatic carbocycles. The van der Waals surface area contributed by atoms with Gasteiger partial charge in [-0.15, -0.1) is 0 Å². The van der Waals surface area contributed by atoms with Crippen LogP contribution >= 0.6 is 0 Å². The van der Waals surface area contributed by atoms with Gasteiger partial charge in [-0.1, -0.05) is 0 Å². The van der Waals surface area contributed by atoms with Gasteiger partial charge in [0.25, 0.3) is 12.2 Å². The summed E-state index contributed by atoms with van der Waals surface area (Å²) in [4.78, 5) is 0. The van der Waals surface area contributed by atoms with Gasteiger partial charge in [-0.05, 0) is 0 Å². The first kappa shape index (κ1) is 20.5. The summed E-state index contributed by atoms with van der Waals surface area (Å²) in [5.74, 6) is -2.73. The minimum absolute atomic E-state index is 0.736. The summed E-state index contributed by atoms with van der Waals surface area (Å²) >= 11 is 0. The SMILES string of the molecule is FC(F)(F)C(OC1=C(OC(C(F)(F)F)C(F)(F)F)CC1)C(F)(F)F. The zero-order chi connectivity index (χ0) is 19.1. The number of rotatable bonds is 4. The molecule has 0 saturated carbocycles. The Kier molecular flexibility index (Phi) is 5.22. The highest BCUT2D eigenvalue weighted by Crippen LogP contribution is 2.44. The zero-order valence-electron chi connectivity index (χ0n) is 10.9. The number of alkyl halides is 12. The molecule has 0 aliphatic heterocycles. The van der Waals surface area contributed by atoms with Crippen LogP contribution in [0.5, 0.6) is 0 Å². The first-order valence-corrected chi connectivity index (χ1v) is 5.76. The van der Waals surface area contributed by atoms with Gasteiger partial charge < -0.3 is 9.47 Å². The Balaban J connectivity index is 3.02. The lowest BCUT2D eigenvalue weighted by Gasteiger charge is -2.33. The highest BCUT2D eigenvalue weighted by Gasteiger charge is 2.61. The molecule has 14 heteroatoms. The van der Waals surface area contributed by atoms with Crippen LogP contribution in [0.4, 0.5) is 52.7 Å². The molecule has 0 aromatic rings. The van der Waals surface area contributed by atoms with Crippen molar-refractivity contribution in [2.75, 3.05) is 0 Å². The van der Waals surface area contributed by atoms with Crippen molar-refractivity contribution >= 4 is 0 Å². The topological polar surface area (TPSA) is 18.5 Å². The van der Waals surface area contributed by atoms with Gasteiger partial charge >= 0.3 is 24.7 Å². The van der Waals surface area contributed by atoms with E-state index in [2.05, 4.69) is 9.47 Å². The third-order valence-electron chi connectivity index (χ3n) is 2.60. The molecule has 142 valence electrons. The van der Waals surface area contributed by atoms with Crippen LogP contribution in [0.3, 0.4) is 0 Å². The predicted molar refractivity (Wildman–Crippen MR) is 50.2 cm³/mol. The highest BCUT2D eigenvalue weighted by atomic mass is 19.4. The van der Waals surface area contributed by atoms with Crippen molar-refractivity contribution in [1.29, 1.82) is 0 Å². The van der Waals surface area contributed by atoms with Crippen LogP contribution in [0.15, 0.2) is 11.5 Å². The van der Waals surface area contributed by atoms with Gasteiger partial charge in [-0.25, -0.2) is 0 Å². The molecule has 0 unspecified atom stereocenters. The summed E-state index contributed by atoms with van der Waals surface area (Å²) in [5, 5.41) is 0. The lowest BCUT2D eigenvalue weighted by molar-refractivity contribution is -0.324. The maximum absolute atomic E-state index is 12.2. The molecule has 0 heterocycles. The average molecular weight is 386 g/mol. The molecule has 0 radical (unpaired) electrons. The Labute approximate surface area is 125 Å². The zero-order valence-corrected chi connectivity index (χ0v) is 10.9. The Morgan fingerprint density at radius 1 is 0.500 bits per heavy atom. The molecule has 0 fully saturated rings. The molecule has 0 atom stereocenters. The van der Waals surface area contributed by atoms with Gasteiger partial charge in [0.1, 0.15) is 11.5 Å². The van der Waals surface area contributed by atoms with E-state index in [4.69, 9.17) is 0 Å². The first-order chi connectivity index (χ1) is 10.4. The molecule has 1 rings (SSSR count). The predicted octanol–water partition coefficient (Wildman–Crippen LogP) is 5.01. The molecule has 24 heavy (non-hydrogen) atoms. The third-order valence-corrected chi connectivity index (χ3v) is 2.60. The Morgan fingerprint density at radius 3 is 0.833 bits per heavy atom. The number of hydrogen-bond donors (Lipinski definition) is 0. The fourth-order valence-corrected chi connectivity index (χ4v) is 1.50. The third kappa shape index (κ3) is 5.00. The fourth-order valence-electron chi connectivity index (χ4n) is 1.50. The Hall–Kier alpha value is -1.50. The van der Waals surface area contributed by atoms with Crippen molar-refractivity contribution < 1.29 is 62.2 Å². The number of ether oxygens (including phenoxy) is 2. The van der Waals surface area contributed by atoms with Crippen LogP contribution in [0, 0.1) is 0 Å². The van der Waals surface area contributed by atoms with Gasteiger partial charge in [0.15, 0.2) is 0 Å².